The Balaban J connectivity index is 1.81. The molecule has 1 saturated heterocycles. The van der Waals surface area contributed by atoms with E-state index in [1.165, 1.54) is 5.56 Å². The minimum absolute atomic E-state index is 0.00713. The first kappa shape index (κ1) is 18.8. The van der Waals surface area contributed by atoms with Crippen molar-refractivity contribution in [2.24, 2.45) is 5.73 Å². The lowest BCUT2D eigenvalue weighted by atomic mass is 9.73. The topological polar surface area (TPSA) is 74.0 Å². The summed E-state index contributed by atoms with van der Waals surface area (Å²) in [6, 6.07) is 4.07. The summed E-state index contributed by atoms with van der Waals surface area (Å²) in [4.78, 5) is 14.2. The highest BCUT2D eigenvalue weighted by Gasteiger charge is 2.46. The Hall–Kier alpha value is -1.95. The van der Waals surface area contributed by atoms with Crippen LogP contribution in [0.15, 0.2) is 12.1 Å². The summed E-state index contributed by atoms with van der Waals surface area (Å²) < 4.78 is 16.4. The lowest BCUT2D eigenvalue weighted by molar-refractivity contribution is 0.0162. The molecule has 1 aromatic rings. The normalized spacial score (nSPS) is 21.5. The van der Waals surface area contributed by atoms with Crippen LogP contribution in [0.5, 0.6) is 11.5 Å². The molecule has 3 rings (SSSR count). The number of rotatable bonds is 2. The maximum Gasteiger partial charge on any atom is 0.410 e. The Morgan fingerprint density at radius 2 is 1.73 bits per heavy atom. The number of fused-ring (bicyclic) bond motifs is 2. The number of carbonyl (C=O) groups is 1. The fourth-order valence-corrected chi connectivity index (χ4v) is 4.22. The first-order chi connectivity index (χ1) is 12.2. The van der Waals surface area contributed by atoms with Crippen LogP contribution in [0.3, 0.4) is 0 Å². The summed E-state index contributed by atoms with van der Waals surface area (Å²) >= 11 is 0. The molecule has 1 heterocycles. The zero-order chi connectivity index (χ0) is 19.1. The third kappa shape index (κ3) is 3.34. The van der Waals surface area contributed by atoms with Gasteiger partial charge < -0.3 is 24.8 Å². The second-order valence-electron chi connectivity index (χ2n) is 8.35. The number of carbonyl (C=O) groups excluding carboxylic acids is 1. The summed E-state index contributed by atoms with van der Waals surface area (Å²) in [5, 5.41) is 0. The number of piperidine rings is 1. The van der Waals surface area contributed by atoms with Crippen molar-refractivity contribution in [2.75, 3.05) is 27.3 Å². The molecule has 0 saturated carbocycles. The summed E-state index contributed by atoms with van der Waals surface area (Å²) in [6.07, 6.45) is 2.41. The van der Waals surface area contributed by atoms with Gasteiger partial charge in [-0.2, -0.15) is 0 Å². The number of likely N-dealkylation sites (tertiary alicyclic amines) is 1. The van der Waals surface area contributed by atoms with Crippen LogP contribution in [0, 0.1) is 0 Å². The standard InChI is InChI=1S/C20H30N2O4/c1-19(2,3)26-18(23)22-8-6-20(7-9-22)12-15(21)13-10-16(24-4)17(25-5)11-14(13)20/h10-11,15H,6-9,12,21H2,1-5H3. The molecule has 1 fully saturated rings. The number of hydrogen-bond acceptors (Lipinski definition) is 5. The average Bonchev–Trinajstić information content (AvgIpc) is 2.84. The van der Waals surface area contributed by atoms with Crippen LogP contribution in [0.1, 0.15) is 57.2 Å². The average molecular weight is 362 g/mol. The fourth-order valence-electron chi connectivity index (χ4n) is 4.22. The predicted octanol–water partition coefficient (Wildman–Crippen LogP) is 3.38. The van der Waals surface area contributed by atoms with Crippen molar-refractivity contribution in [1.82, 2.24) is 4.90 Å². The number of ether oxygens (including phenoxy) is 3. The molecule has 144 valence electrons. The van der Waals surface area contributed by atoms with E-state index >= 15 is 0 Å². The molecule has 26 heavy (non-hydrogen) atoms. The SMILES string of the molecule is COc1cc2c(cc1OC)C1(CCN(C(=O)OC(C)(C)C)CC1)CC2N. The molecule has 0 radical (unpaired) electrons. The van der Waals surface area contributed by atoms with E-state index in [1.54, 1.807) is 19.1 Å². The van der Waals surface area contributed by atoms with Crippen LogP contribution in [-0.2, 0) is 10.2 Å². The van der Waals surface area contributed by atoms with E-state index in [-0.39, 0.29) is 17.6 Å². The van der Waals surface area contributed by atoms with E-state index in [1.807, 2.05) is 26.8 Å². The van der Waals surface area contributed by atoms with Crippen LogP contribution >= 0.6 is 0 Å². The largest absolute Gasteiger partial charge is 0.493 e. The molecule has 1 aromatic carbocycles. The molecular formula is C20H30N2O4. The molecule has 1 unspecified atom stereocenters. The molecule has 2 aliphatic rings. The quantitative estimate of drug-likeness (QED) is 0.873. The van der Waals surface area contributed by atoms with Gasteiger partial charge in [0.05, 0.1) is 14.2 Å². The van der Waals surface area contributed by atoms with Crippen molar-refractivity contribution in [3.63, 3.8) is 0 Å². The molecule has 6 nitrogen and oxygen atoms in total. The van der Waals surface area contributed by atoms with Gasteiger partial charge in [-0.05, 0) is 63.3 Å². The molecule has 0 aromatic heterocycles. The lowest BCUT2D eigenvalue weighted by Gasteiger charge is -2.40. The minimum atomic E-state index is -0.474. The van der Waals surface area contributed by atoms with Crippen molar-refractivity contribution in [1.29, 1.82) is 0 Å². The molecule has 6 heteroatoms. The lowest BCUT2D eigenvalue weighted by Crippen LogP contribution is -2.46. The van der Waals surface area contributed by atoms with Crippen LogP contribution in [0.25, 0.3) is 0 Å². The van der Waals surface area contributed by atoms with Gasteiger partial charge in [-0.3, -0.25) is 0 Å². The van der Waals surface area contributed by atoms with Crippen molar-refractivity contribution < 1.29 is 19.0 Å². The highest BCUT2D eigenvalue weighted by Crippen LogP contribution is 2.52. The molecular weight excluding hydrogens is 332 g/mol. The van der Waals surface area contributed by atoms with Gasteiger partial charge >= 0.3 is 6.09 Å². The number of methoxy groups -OCH3 is 2. The van der Waals surface area contributed by atoms with Gasteiger partial charge in [-0.1, -0.05) is 0 Å². The van der Waals surface area contributed by atoms with Gasteiger partial charge in [0, 0.05) is 24.5 Å². The molecule has 1 aliphatic heterocycles. The van der Waals surface area contributed by atoms with E-state index in [0.717, 1.165) is 30.6 Å². The monoisotopic (exact) mass is 362 g/mol. The second kappa shape index (κ2) is 6.65. The Labute approximate surface area is 155 Å². The van der Waals surface area contributed by atoms with Gasteiger partial charge in [0.25, 0.3) is 0 Å². The second-order valence-corrected chi connectivity index (χ2v) is 8.35. The Morgan fingerprint density at radius 3 is 2.27 bits per heavy atom. The molecule has 2 N–H and O–H groups in total. The number of amides is 1. The van der Waals surface area contributed by atoms with Crippen molar-refractivity contribution in [3.8, 4) is 11.5 Å². The Bertz CT molecular complexity index is 688. The zero-order valence-electron chi connectivity index (χ0n) is 16.4. The van der Waals surface area contributed by atoms with Crippen LogP contribution < -0.4 is 15.2 Å². The highest BCUT2D eigenvalue weighted by molar-refractivity contribution is 5.68. The smallest absolute Gasteiger partial charge is 0.410 e. The van der Waals surface area contributed by atoms with Crippen molar-refractivity contribution >= 4 is 6.09 Å². The third-order valence-corrected chi connectivity index (χ3v) is 5.51. The summed E-state index contributed by atoms with van der Waals surface area (Å²) in [5.41, 5.74) is 8.34. The van der Waals surface area contributed by atoms with Crippen LogP contribution in [-0.4, -0.2) is 43.9 Å². The highest BCUT2D eigenvalue weighted by atomic mass is 16.6. The summed E-state index contributed by atoms with van der Waals surface area (Å²) in [7, 11) is 3.29. The fraction of sp³-hybridized carbons (Fsp3) is 0.650. The third-order valence-electron chi connectivity index (χ3n) is 5.51. The predicted molar refractivity (Wildman–Crippen MR) is 99.8 cm³/mol. The van der Waals surface area contributed by atoms with E-state index < -0.39 is 5.60 Å². The molecule has 1 aliphatic carbocycles. The van der Waals surface area contributed by atoms with Crippen molar-refractivity contribution in [3.05, 3.63) is 23.3 Å². The summed E-state index contributed by atoms with van der Waals surface area (Å²) in [6.45, 7) is 7.03. The number of hydrogen-bond donors (Lipinski definition) is 1. The van der Waals surface area contributed by atoms with E-state index in [4.69, 9.17) is 19.9 Å². The van der Waals surface area contributed by atoms with E-state index in [9.17, 15) is 4.79 Å². The number of benzene rings is 1. The van der Waals surface area contributed by atoms with Crippen LogP contribution in [0.4, 0.5) is 4.79 Å². The van der Waals surface area contributed by atoms with Gasteiger partial charge in [-0.25, -0.2) is 4.79 Å². The van der Waals surface area contributed by atoms with Crippen molar-refractivity contribution in [2.45, 2.75) is 57.1 Å². The van der Waals surface area contributed by atoms with Gasteiger partial charge in [0.2, 0.25) is 0 Å². The first-order valence-electron chi connectivity index (χ1n) is 9.19. The number of nitrogens with two attached hydrogens (primary N) is 1. The van der Waals surface area contributed by atoms with Gasteiger partial charge in [-0.15, -0.1) is 0 Å². The van der Waals surface area contributed by atoms with Gasteiger partial charge in [0.1, 0.15) is 5.60 Å². The van der Waals surface area contributed by atoms with Crippen LogP contribution in [0.2, 0.25) is 0 Å². The molecule has 1 amide bonds. The molecule has 1 atom stereocenters. The maximum atomic E-state index is 12.4. The maximum absolute atomic E-state index is 12.4. The Kier molecular flexibility index (Phi) is 4.82. The molecule has 1 spiro atoms. The number of nitrogens with zero attached hydrogens (tertiary/aromatic N) is 1. The van der Waals surface area contributed by atoms with E-state index in [0.29, 0.717) is 18.8 Å². The summed E-state index contributed by atoms with van der Waals surface area (Å²) in [5.74, 6) is 1.44. The van der Waals surface area contributed by atoms with Gasteiger partial charge in [0.15, 0.2) is 11.5 Å². The Morgan fingerprint density at radius 1 is 1.15 bits per heavy atom. The molecule has 0 bridgehead atoms. The van der Waals surface area contributed by atoms with E-state index in [2.05, 4.69) is 6.07 Å². The zero-order valence-corrected chi connectivity index (χ0v) is 16.4. The minimum Gasteiger partial charge on any atom is -0.493 e. The first-order valence-corrected chi connectivity index (χ1v) is 9.19.